The summed E-state index contributed by atoms with van der Waals surface area (Å²) in [6.45, 7) is 0. The van der Waals surface area contributed by atoms with Crippen LogP contribution in [0.4, 0.5) is 0 Å². The second-order valence-electron chi connectivity index (χ2n) is 3.98. The zero-order chi connectivity index (χ0) is 10.7. The summed E-state index contributed by atoms with van der Waals surface area (Å²) >= 11 is 0. The number of carbonyl (C=O) groups is 4. The number of hydrogen-bond acceptors (Lipinski definition) is 6. The Hall–Kier alpha value is -1.72. The average molecular weight is 210 g/mol. The molecule has 0 bridgehead atoms. The van der Waals surface area contributed by atoms with Gasteiger partial charge in [0.25, 0.3) is 0 Å². The molecule has 0 radical (unpaired) electrons. The maximum absolute atomic E-state index is 11.3. The Morgan fingerprint density at radius 2 is 1.33 bits per heavy atom. The Morgan fingerprint density at radius 3 is 2.00 bits per heavy atom. The summed E-state index contributed by atoms with van der Waals surface area (Å²) < 4.78 is 8.84. The molecule has 0 spiro atoms. The highest BCUT2D eigenvalue weighted by Gasteiger charge is 2.68. The van der Waals surface area contributed by atoms with E-state index in [9.17, 15) is 19.2 Å². The van der Waals surface area contributed by atoms with E-state index in [-0.39, 0.29) is 6.42 Å². The molecule has 0 N–H and O–H groups in total. The second-order valence-corrected chi connectivity index (χ2v) is 3.98. The van der Waals surface area contributed by atoms with Gasteiger partial charge in [-0.15, -0.1) is 0 Å². The number of fused-ring (bicyclic) bond motifs is 4. The van der Waals surface area contributed by atoms with Crippen LogP contribution in [0.2, 0.25) is 0 Å². The van der Waals surface area contributed by atoms with E-state index in [4.69, 9.17) is 0 Å². The first-order valence-electron chi connectivity index (χ1n) is 4.59. The number of carbonyl (C=O) groups excluding carboxylic acids is 4. The highest BCUT2D eigenvalue weighted by Crippen LogP contribution is 2.54. The van der Waals surface area contributed by atoms with Gasteiger partial charge in [-0.1, -0.05) is 0 Å². The Balaban J connectivity index is 1.95. The molecule has 0 aromatic rings. The predicted molar refractivity (Wildman–Crippen MR) is 40.8 cm³/mol. The fourth-order valence-electron chi connectivity index (χ4n) is 2.67. The molecule has 1 saturated carbocycles. The van der Waals surface area contributed by atoms with E-state index in [0.29, 0.717) is 0 Å². The van der Waals surface area contributed by atoms with E-state index in [1.54, 1.807) is 0 Å². The van der Waals surface area contributed by atoms with Crippen molar-refractivity contribution in [1.82, 2.24) is 0 Å². The van der Waals surface area contributed by atoms with Gasteiger partial charge in [-0.3, -0.25) is 19.2 Å². The zero-order valence-electron chi connectivity index (χ0n) is 7.47. The molecule has 0 amide bonds. The Kier molecular flexibility index (Phi) is 1.40. The van der Waals surface area contributed by atoms with Crippen molar-refractivity contribution in [2.45, 2.75) is 6.42 Å². The summed E-state index contributed by atoms with van der Waals surface area (Å²) in [7, 11) is 0. The minimum absolute atomic E-state index is 0.0138. The van der Waals surface area contributed by atoms with Crippen LogP contribution in [-0.2, 0) is 28.7 Å². The SMILES string of the molecule is O=C1CC2C(C(=O)O1)C1C(=O)OC(=O)C21. The van der Waals surface area contributed by atoms with Crippen LogP contribution in [0.15, 0.2) is 0 Å². The number of hydrogen-bond donors (Lipinski definition) is 0. The van der Waals surface area contributed by atoms with Crippen molar-refractivity contribution < 1.29 is 28.7 Å². The topological polar surface area (TPSA) is 86.7 Å². The normalized spacial score (nSPS) is 42.7. The Labute approximate surface area is 83.5 Å². The summed E-state index contributed by atoms with van der Waals surface area (Å²) in [5, 5.41) is 0. The first-order valence-corrected chi connectivity index (χ1v) is 4.59. The largest absolute Gasteiger partial charge is 0.393 e. The molecule has 4 atom stereocenters. The fourth-order valence-corrected chi connectivity index (χ4v) is 2.67. The van der Waals surface area contributed by atoms with Crippen molar-refractivity contribution >= 4 is 23.9 Å². The number of esters is 4. The maximum atomic E-state index is 11.3. The highest BCUT2D eigenvalue weighted by molar-refractivity contribution is 6.04. The third-order valence-electron chi connectivity index (χ3n) is 3.33. The molecule has 0 aromatic carbocycles. The molecular formula is C9H6O6. The summed E-state index contributed by atoms with van der Waals surface area (Å²) in [4.78, 5) is 44.7. The first-order chi connectivity index (χ1) is 7.09. The Bertz CT molecular complexity index is 411. The third-order valence-corrected chi connectivity index (χ3v) is 3.33. The van der Waals surface area contributed by atoms with E-state index < -0.39 is 47.5 Å². The molecule has 3 rings (SSSR count). The minimum atomic E-state index is -0.719. The predicted octanol–water partition coefficient (Wildman–Crippen LogP) is -0.978. The van der Waals surface area contributed by atoms with E-state index >= 15 is 0 Å². The molecule has 2 saturated heterocycles. The van der Waals surface area contributed by atoms with Crippen molar-refractivity contribution in [2.75, 3.05) is 0 Å². The van der Waals surface area contributed by atoms with Gasteiger partial charge in [-0.25, -0.2) is 0 Å². The molecule has 3 aliphatic rings. The molecule has 78 valence electrons. The maximum Gasteiger partial charge on any atom is 0.318 e. The van der Waals surface area contributed by atoms with E-state index in [2.05, 4.69) is 9.47 Å². The van der Waals surface area contributed by atoms with E-state index in [1.807, 2.05) is 0 Å². The molecule has 3 fully saturated rings. The molecule has 0 aromatic heterocycles. The van der Waals surface area contributed by atoms with Gasteiger partial charge in [0.15, 0.2) is 0 Å². The van der Waals surface area contributed by atoms with Crippen LogP contribution in [0.25, 0.3) is 0 Å². The fraction of sp³-hybridized carbons (Fsp3) is 0.556. The molecule has 1 aliphatic carbocycles. The molecule has 2 heterocycles. The van der Waals surface area contributed by atoms with Gasteiger partial charge in [0.2, 0.25) is 0 Å². The van der Waals surface area contributed by atoms with Gasteiger partial charge in [0, 0.05) is 0 Å². The van der Waals surface area contributed by atoms with Crippen molar-refractivity contribution in [1.29, 1.82) is 0 Å². The third kappa shape index (κ3) is 0.886. The molecular weight excluding hydrogens is 204 g/mol. The molecule has 2 aliphatic heterocycles. The first kappa shape index (κ1) is 8.58. The minimum Gasteiger partial charge on any atom is -0.393 e. The van der Waals surface area contributed by atoms with Gasteiger partial charge in [-0.2, -0.15) is 0 Å². The molecule has 6 heteroatoms. The average Bonchev–Trinajstić information content (AvgIpc) is 2.31. The van der Waals surface area contributed by atoms with Crippen molar-refractivity contribution in [2.24, 2.45) is 23.7 Å². The Morgan fingerprint density at radius 1 is 0.800 bits per heavy atom. The lowest BCUT2D eigenvalue weighted by Gasteiger charge is -2.44. The van der Waals surface area contributed by atoms with Gasteiger partial charge in [-0.05, 0) is 5.92 Å². The van der Waals surface area contributed by atoms with Gasteiger partial charge in [0.1, 0.15) is 0 Å². The summed E-state index contributed by atoms with van der Waals surface area (Å²) in [5.41, 5.74) is 0. The zero-order valence-corrected chi connectivity index (χ0v) is 7.47. The van der Waals surface area contributed by atoms with Crippen molar-refractivity contribution in [3.8, 4) is 0 Å². The smallest absolute Gasteiger partial charge is 0.318 e. The molecule has 4 unspecified atom stereocenters. The van der Waals surface area contributed by atoms with Crippen LogP contribution in [0.1, 0.15) is 6.42 Å². The van der Waals surface area contributed by atoms with E-state index in [1.165, 1.54) is 0 Å². The molecule has 6 nitrogen and oxygen atoms in total. The standard InChI is InChI=1S/C9H6O6/c10-3-1-2-4(7(11)14-3)6-5(2)8(12)15-9(6)13/h2,4-6H,1H2. The summed E-state index contributed by atoms with van der Waals surface area (Å²) in [6.07, 6.45) is 0.0138. The lowest BCUT2D eigenvalue weighted by Crippen LogP contribution is -2.56. The lowest BCUT2D eigenvalue weighted by atomic mass is 9.56. The van der Waals surface area contributed by atoms with Crippen LogP contribution in [0.5, 0.6) is 0 Å². The van der Waals surface area contributed by atoms with Crippen molar-refractivity contribution in [3.05, 3.63) is 0 Å². The van der Waals surface area contributed by atoms with Crippen LogP contribution >= 0.6 is 0 Å². The van der Waals surface area contributed by atoms with E-state index in [0.717, 1.165) is 0 Å². The second kappa shape index (κ2) is 2.44. The summed E-state index contributed by atoms with van der Waals surface area (Å²) in [5.74, 6) is -5.01. The summed E-state index contributed by atoms with van der Waals surface area (Å²) in [6, 6.07) is 0. The monoisotopic (exact) mass is 210 g/mol. The van der Waals surface area contributed by atoms with Gasteiger partial charge >= 0.3 is 23.9 Å². The number of rotatable bonds is 0. The number of ether oxygens (including phenoxy) is 2. The quantitative estimate of drug-likeness (QED) is 0.377. The highest BCUT2D eigenvalue weighted by atomic mass is 16.6. The van der Waals surface area contributed by atoms with Crippen LogP contribution < -0.4 is 0 Å². The molecule has 15 heavy (non-hydrogen) atoms. The lowest BCUT2D eigenvalue weighted by molar-refractivity contribution is -0.187. The van der Waals surface area contributed by atoms with Gasteiger partial charge < -0.3 is 9.47 Å². The van der Waals surface area contributed by atoms with Gasteiger partial charge in [0.05, 0.1) is 24.2 Å². The van der Waals surface area contributed by atoms with Crippen LogP contribution in [0, 0.1) is 23.7 Å². The number of cyclic esters (lactones) is 4. The van der Waals surface area contributed by atoms with Crippen molar-refractivity contribution in [3.63, 3.8) is 0 Å². The van der Waals surface area contributed by atoms with Crippen LogP contribution in [-0.4, -0.2) is 23.9 Å². The van der Waals surface area contributed by atoms with Crippen LogP contribution in [0.3, 0.4) is 0 Å².